The van der Waals surface area contributed by atoms with Gasteiger partial charge in [0.25, 0.3) is 0 Å². The standard InChI is InChI=1S/C13H20N2O2/c1-10(14)9-15-13(16)7-6-11-4-3-5-12(8-11)17-2/h3-5,8,10H,6-7,9,14H2,1-2H3,(H,15,16). The lowest BCUT2D eigenvalue weighted by Crippen LogP contribution is -2.35. The maximum absolute atomic E-state index is 11.5. The van der Waals surface area contributed by atoms with Gasteiger partial charge in [0.15, 0.2) is 0 Å². The predicted octanol–water partition coefficient (Wildman–Crippen LogP) is 1.09. The first kappa shape index (κ1) is 13.5. The van der Waals surface area contributed by atoms with E-state index in [0.29, 0.717) is 19.4 Å². The largest absolute Gasteiger partial charge is 0.497 e. The number of amides is 1. The van der Waals surface area contributed by atoms with Crippen molar-refractivity contribution in [2.24, 2.45) is 5.73 Å². The van der Waals surface area contributed by atoms with Crippen molar-refractivity contribution < 1.29 is 9.53 Å². The van der Waals surface area contributed by atoms with Gasteiger partial charge in [-0.05, 0) is 31.0 Å². The van der Waals surface area contributed by atoms with Gasteiger partial charge in [-0.3, -0.25) is 4.79 Å². The summed E-state index contributed by atoms with van der Waals surface area (Å²) in [7, 11) is 1.63. The first-order valence-electron chi connectivity index (χ1n) is 5.77. The molecule has 0 spiro atoms. The minimum absolute atomic E-state index is 0.00392. The zero-order chi connectivity index (χ0) is 12.7. The SMILES string of the molecule is COc1cccc(CCC(=O)NCC(C)N)c1. The highest BCUT2D eigenvalue weighted by Gasteiger charge is 2.03. The van der Waals surface area contributed by atoms with Gasteiger partial charge in [0.05, 0.1) is 7.11 Å². The van der Waals surface area contributed by atoms with E-state index in [4.69, 9.17) is 10.5 Å². The molecule has 1 aromatic rings. The van der Waals surface area contributed by atoms with Gasteiger partial charge in [0.1, 0.15) is 5.75 Å². The lowest BCUT2D eigenvalue weighted by atomic mass is 10.1. The fraction of sp³-hybridized carbons (Fsp3) is 0.462. The molecule has 0 aromatic heterocycles. The molecule has 1 amide bonds. The third-order valence-electron chi connectivity index (χ3n) is 2.40. The van der Waals surface area contributed by atoms with E-state index in [1.807, 2.05) is 31.2 Å². The Balaban J connectivity index is 2.36. The second-order valence-electron chi connectivity index (χ2n) is 4.13. The van der Waals surface area contributed by atoms with Crippen molar-refractivity contribution in [1.29, 1.82) is 0 Å². The highest BCUT2D eigenvalue weighted by atomic mass is 16.5. The number of nitrogens with one attached hydrogen (secondary N) is 1. The maximum atomic E-state index is 11.5. The van der Waals surface area contributed by atoms with Gasteiger partial charge in [0.2, 0.25) is 5.91 Å². The van der Waals surface area contributed by atoms with Gasteiger partial charge >= 0.3 is 0 Å². The van der Waals surface area contributed by atoms with Gasteiger partial charge in [-0.25, -0.2) is 0 Å². The zero-order valence-corrected chi connectivity index (χ0v) is 10.4. The quantitative estimate of drug-likeness (QED) is 0.777. The first-order valence-corrected chi connectivity index (χ1v) is 5.77. The molecule has 17 heavy (non-hydrogen) atoms. The molecule has 1 atom stereocenters. The van der Waals surface area contributed by atoms with E-state index in [1.165, 1.54) is 0 Å². The minimum atomic E-state index is -0.00392. The van der Waals surface area contributed by atoms with Gasteiger partial charge in [-0.1, -0.05) is 12.1 Å². The molecule has 1 rings (SSSR count). The number of benzene rings is 1. The van der Waals surface area contributed by atoms with Crippen molar-refractivity contribution >= 4 is 5.91 Å². The molecule has 0 radical (unpaired) electrons. The molecule has 4 nitrogen and oxygen atoms in total. The summed E-state index contributed by atoms with van der Waals surface area (Å²) < 4.78 is 5.12. The van der Waals surface area contributed by atoms with Gasteiger partial charge < -0.3 is 15.8 Å². The van der Waals surface area contributed by atoms with E-state index < -0.39 is 0 Å². The Morgan fingerprint density at radius 1 is 1.53 bits per heavy atom. The molecule has 0 aliphatic rings. The summed E-state index contributed by atoms with van der Waals surface area (Å²) in [6.07, 6.45) is 1.18. The maximum Gasteiger partial charge on any atom is 0.220 e. The van der Waals surface area contributed by atoms with Crippen LogP contribution in [0.3, 0.4) is 0 Å². The van der Waals surface area contributed by atoms with Crippen molar-refractivity contribution in [2.75, 3.05) is 13.7 Å². The van der Waals surface area contributed by atoms with Crippen molar-refractivity contribution in [3.05, 3.63) is 29.8 Å². The van der Waals surface area contributed by atoms with Gasteiger partial charge in [0, 0.05) is 19.0 Å². The highest BCUT2D eigenvalue weighted by Crippen LogP contribution is 2.13. The van der Waals surface area contributed by atoms with Crippen LogP contribution in [0.1, 0.15) is 18.9 Å². The summed E-state index contributed by atoms with van der Waals surface area (Å²) in [4.78, 5) is 11.5. The fourth-order valence-electron chi connectivity index (χ4n) is 1.45. The van der Waals surface area contributed by atoms with E-state index in [9.17, 15) is 4.79 Å². The number of hydrogen-bond donors (Lipinski definition) is 2. The van der Waals surface area contributed by atoms with E-state index in [0.717, 1.165) is 11.3 Å². The molecule has 0 fully saturated rings. The van der Waals surface area contributed by atoms with E-state index >= 15 is 0 Å². The lowest BCUT2D eigenvalue weighted by Gasteiger charge is -2.08. The lowest BCUT2D eigenvalue weighted by molar-refractivity contribution is -0.121. The fourth-order valence-corrected chi connectivity index (χ4v) is 1.45. The van der Waals surface area contributed by atoms with Crippen LogP contribution in [0.4, 0.5) is 0 Å². The Hall–Kier alpha value is -1.55. The van der Waals surface area contributed by atoms with Crippen LogP contribution >= 0.6 is 0 Å². The molecule has 4 heteroatoms. The van der Waals surface area contributed by atoms with E-state index in [2.05, 4.69) is 5.32 Å². The van der Waals surface area contributed by atoms with E-state index in [1.54, 1.807) is 7.11 Å². The Morgan fingerprint density at radius 3 is 2.94 bits per heavy atom. The molecule has 0 aliphatic heterocycles. The molecular weight excluding hydrogens is 216 g/mol. The van der Waals surface area contributed by atoms with Crippen LogP contribution in [-0.4, -0.2) is 25.6 Å². The minimum Gasteiger partial charge on any atom is -0.497 e. The summed E-state index contributed by atoms with van der Waals surface area (Å²) in [5, 5.41) is 2.79. The van der Waals surface area contributed by atoms with Gasteiger partial charge in [-0.2, -0.15) is 0 Å². The van der Waals surface area contributed by atoms with Crippen molar-refractivity contribution in [1.82, 2.24) is 5.32 Å². The summed E-state index contributed by atoms with van der Waals surface area (Å²) in [5.41, 5.74) is 6.65. The molecule has 94 valence electrons. The number of rotatable bonds is 6. The average Bonchev–Trinajstić information content (AvgIpc) is 2.34. The summed E-state index contributed by atoms with van der Waals surface area (Å²) in [6.45, 7) is 2.39. The molecule has 0 aliphatic carbocycles. The van der Waals surface area contributed by atoms with Crippen LogP contribution in [0.5, 0.6) is 5.75 Å². The van der Waals surface area contributed by atoms with Crippen LogP contribution in [0.15, 0.2) is 24.3 Å². The summed E-state index contributed by atoms with van der Waals surface area (Å²) >= 11 is 0. The summed E-state index contributed by atoms with van der Waals surface area (Å²) in [5.74, 6) is 0.851. The van der Waals surface area contributed by atoms with Crippen LogP contribution < -0.4 is 15.8 Å². The second kappa shape index (κ2) is 6.91. The van der Waals surface area contributed by atoms with Crippen LogP contribution in [0, 0.1) is 0 Å². The molecule has 0 bridgehead atoms. The smallest absolute Gasteiger partial charge is 0.220 e. The Bertz CT molecular complexity index is 364. The van der Waals surface area contributed by atoms with Crippen molar-refractivity contribution in [3.63, 3.8) is 0 Å². The average molecular weight is 236 g/mol. The molecule has 1 aromatic carbocycles. The Labute approximate surface area is 102 Å². The normalized spacial score (nSPS) is 11.9. The van der Waals surface area contributed by atoms with Gasteiger partial charge in [-0.15, -0.1) is 0 Å². The first-order chi connectivity index (χ1) is 8.11. The Morgan fingerprint density at radius 2 is 2.29 bits per heavy atom. The van der Waals surface area contributed by atoms with Crippen LogP contribution in [0.25, 0.3) is 0 Å². The second-order valence-corrected chi connectivity index (χ2v) is 4.13. The number of nitrogens with two attached hydrogens (primary N) is 1. The number of carbonyl (C=O) groups excluding carboxylic acids is 1. The third-order valence-corrected chi connectivity index (χ3v) is 2.40. The molecule has 3 N–H and O–H groups in total. The van der Waals surface area contributed by atoms with Crippen molar-refractivity contribution in [3.8, 4) is 5.75 Å². The number of methoxy groups -OCH3 is 1. The zero-order valence-electron chi connectivity index (χ0n) is 10.4. The topological polar surface area (TPSA) is 64.3 Å². The number of ether oxygens (including phenoxy) is 1. The highest BCUT2D eigenvalue weighted by molar-refractivity contribution is 5.76. The molecule has 1 unspecified atom stereocenters. The summed E-state index contributed by atoms with van der Waals surface area (Å²) in [6, 6.07) is 7.74. The van der Waals surface area contributed by atoms with E-state index in [-0.39, 0.29) is 11.9 Å². The monoisotopic (exact) mass is 236 g/mol. The number of hydrogen-bond acceptors (Lipinski definition) is 3. The predicted molar refractivity (Wildman–Crippen MR) is 68.0 cm³/mol. The molecule has 0 saturated heterocycles. The Kier molecular flexibility index (Phi) is 5.49. The molecular formula is C13H20N2O2. The molecule has 0 heterocycles. The number of carbonyl (C=O) groups is 1. The van der Waals surface area contributed by atoms with Crippen LogP contribution in [-0.2, 0) is 11.2 Å². The van der Waals surface area contributed by atoms with Crippen molar-refractivity contribution in [2.45, 2.75) is 25.8 Å². The molecule has 0 saturated carbocycles. The number of aryl methyl sites for hydroxylation is 1. The third kappa shape index (κ3) is 5.36. The van der Waals surface area contributed by atoms with Crippen LogP contribution in [0.2, 0.25) is 0 Å².